The minimum Gasteiger partial charge on any atom is -0.476 e. The standard InChI is InChI=1S/C19H26F3N3O4/c1-4-13-10-12(7-9-25(13)17(27)28)24-16(26)18(2,3)11-29-15-14(19(20,21)22)6-5-8-23-15/h5-6,8,12-13H,4,7,9-11H2,1-3H3,(H,24,26)(H,27,28). The van der Waals surface area contributed by atoms with Crippen LogP contribution in [0.5, 0.6) is 5.88 Å². The highest BCUT2D eigenvalue weighted by Gasteiger charge is 2.38. The molecule has 1 saturated heterocycles. The van der Waals surface area contributed by atoms with Gasteiger partial charge in [-0.1, -0.05) is 6.92 Å². The Bertz CT molecular complexity index is 740. The number of alkyl halides is 3. The summed E-state index contributed by atoms with van der Waals surface area (Å²) in [5, 5.41) is 12.1. The van der Waals surface area contributed by atoms with Crippen LogP contribution in [0.3, 0.4) is 0 Å². The van der Waals surface area contributed by atoms with Gasteiger partial charge in [-0.25, -0.2) is 9.78 Å². The first-order chi connectivity index (χ1) is 13.5. The number of hydrogen-bond acceptors (Lipinski definition) is 4. The van der Waals surface area contributed by atoms with Gasteiger partial charge < -0.3 is 20.1 Å². The molecule has 29 heavy (non-hydrogen) atoms. The molecule has 0 radical (unpaired) electrons. The lowest BCUT2D eigenvalue weighted by atomic mass is 9.90. The molecular formula is C19H26F3N3O4. The monoisotopic (exact) mass is 417 g/mol. The summed E-state index contributed by atoms with van der Waals surface area (Å²) >= 11 is 0. The fourth-order valence-electron chi connectivity index (χ4n) is 3.24. The topological polar surface area (TPSA) is 91.8 Å². The highest BCUT2D eigenvalue weighted by Crippen LogP contribution is 2.35. The smallest absolute Gasteiger partial charge is 0.421 e. The molecule has 0 aliphatic carbocycles. The third-order valence-electron chi connectivity index (χ3n) is 5.03. The molecule has 1 aromatic rings. The van der Waals surface area contributed by atoms with Gasteiger partial charge in [0.25, 0.3) is 0 Å². The zero-order valence-corrected chi connectivity index (χ0v) is 16.6. The quantitative estimate of drug-likeness (QED) is 0.739. The average Bonchev–Trinajstić information content (AvgIpc) is 2.65. The number of hydrogen-bond donors (Lipinski definition) is 2. The number of nitrogens with zero attached hydrogens (tertiary/aromatic N) is 2. The number of rotatable bonds is 6. The van der Waals surface area contributed by atoms with Crippen LogP contribution in [0.1, 0.15) is 45.6 Å². The lowest BCUT2D eigenvalue weighted by Gasteiger charge is -2.38. The van der Waals surface area contributed by atoms with Crippen LogP contribution in [0.15, 0.2) is 18.3 Å². The van der Waals surface area contributed by atoms with Crippen molar-refractivity contribution in [3.05, 3.63) is 23.9 Å². The Balaban J connectivity index is 1.98. The van der Waals surface area contributed by atoms with Crippen molar-refractivity contribution in [3.8, 4) is 5.88 Å². The van der Waals surface area contributed by atoms with Gasteiger partial charge in [0, 0.05) is 24.8 Å². The van der Waals surface area contributed by atoms with Crippen molar-refractivity contribution < 1.29 is 32.6 Å². The minimum absolute atomic E-state index is 0.186. The van der Waals surface area contributed by atoms with E-state index in [4.69, 9.17) is 4.74 Å². The van der Waals surface area contributed by atoms with Gasteiger partial charge in [0.05, 0.1) is 5.41 Å². The molecule has 2 atom stereocenters. The normalized spacial score (nSPS) is 20.3. The van der Waals surface area contributed by atoms with E-state index in [2.05, 4.69) is 10.3 Å². The average molecular weight is 417 g/mol. The molecular weight excluding hydrogens is 391 g/mol. The Morgan fingerprint density at radius 3 is 2.66 bits per heavy atom. The fourth-order valence-corrected chi connectivity index (χ4v) is 3.24. The van der Waals surface area contributed by atoms with Gasteiger partial charge in [-0.05, 0) is 45.2 Å². The number of amides is 2. The summed E-state index contributed by atoms with van der Waals surface area (Å²) in [6.07, 6.45) is -2.80. The molecule has 162 valence electrons. The second-order valence-corrected chi connectivity index (χ2v) is 7.76. The summed E-state index contributed by atoms with van der Waals surface area (Å²) in [4.78, 5) is 29.0. The van der Waals surface area contributed by atoms with Crippen molar-refractivity contribution in [3.63, 3.8) is 0 Å². The lowest BCUT2D eigenvalue weighted by Crippen LogP contribution is -2.53. The highest BCUT2D eigenvalue weighted by molar-refractivity contribution is 5.82. The summed E-state index contributed by atoms with van der Waals surface area (Å²) in [5.41, 5.74) is -2.10. The number of aromatic nitrogens is 1. The Morgan fingerprint density at radius 2 is 2.07 bits per heavy atom. The number of carbonyl (C=O) groups is 2. The van der Waals surface area contributed by atoms with Crippen molar-refractivity contribution in [1.82, 2.24) is 15.2 Å². The number of likely N-dealkylation sites (tertiary alicyclic amines) is 1. The van der Waals surface area contributed by atoms with Crippen LogP contribution in [0.2, 0.25) is 0 Å². The number of nitrogens with one attached hydrogen (secondary N) is 1. The molecule has 2 amide bonds. The maximum atomic E-state index is 13.0. The Hall–Kier alpha value is -2.52. The van der Waals surface area contributed by atoms with Gasteiger partial charge in [0.2, 0.25) is 11.8 Å². The van der Waals surface area contributed by atoms with Gasteiger partial charge in [0.1, 0.15) is 12.2 Å². The third-order valence-corrected chi connectivity index (χ3v) is 5.03. The molecule has 2 heterocycles. The van der Waals surface area contributed by atoms with E-state index in [-0.39, 0.29) is 24.6 Å². The molecule has 1 aromatic heterocycles. The number of piperidine rings is 1. The van der Waals surface area contributed by atoms with E-state index in [0.717, 1.165) is 6.07 Å². The number of carboxylic acid groups (broad SMARTS) is 1. The van der Waals surface area contributed by atoms with E-state index < -0.39 is 29.1 Å². The maximum Gasteiger partial charge on any atom is 0.421 e. The molecule has 7 nitrogen and oxygen atoms in total. The molecule has 2 N–H and O–H groups in total. The van der Waals surface area contributed by atoms with Gasteiger partial charge in [-0.3, -0.25) is 4.79 Å². The molecule has 1 aliphatic heterocycles. The SMILES string of the molecule is CCC1CC(NC(=O)C(C)(C)COc2ncccc2C(F)(F)F)CCN1C(=O)O. The van der Waals surface area contributed by atoms with Crippen LogP contribution in [0.4, 0.5) is 18.0 Å². The number of pyridine rings is 1. The number of halogens is 3. The first kappa shape index (κ1) is 22.8. The largest absolute Gasteiger partial charge is 0.476 e. The highest BCUT2D eigenvalue weighted by atomic mass is 19.4. The fraction of sp³-hybridized carbons (Fsp3) is 0.632. The zero-order valence-electron chi connectivity index (χ0n) is 16.6. The lowest BCUT2D eigenvalue weighted by molar-refractivity contribution is -0.139. The van der Waals surface area contributed by atoms with E-state index in [1.165, 1.54) is 17.2 Å². The molecule has 0 aromatic carbocycles. The van der Waals surface area contributed by atoms with Gasteiger partial charge in [-0.2, -0.15) is 13.2 Å². The van der Waals surface area contributed by atoms with Crippen molar-refractivity contribution in [2.75, 3.05) is 13.2 Å². The Labute approximate surface area is 167 Å². The van der Waals surface area contributed by atoms with Crippen molar-refractivity contribution in [2.45, 2.75) is 58.3 Å². The van der Waals surface area contributed by atoms with E-state index in [1.54, 1.807) is 13.8 Å². The Morgan fingerprint density at radius 1 is 1.38 bits per heavy atom. The molecule has 2 unspecified atom stereocenters. The molecule has 1 aliphatic rings. The van der Waals surface area contributed by atoms with Gasteiger partial charge >= 0.3 is 12.3 Å². The van der Waals surface area contributed by atoms with Crippen LogP contribution in [-0.2, 0) is 11.0 Å². The second-order valence-electron chi connectivity index (χ2n) is 7.76. The van der Waals surface area contributed by atoms with Crippen LogP contribution in [0.25, 0.3) is 0 Å². The molecule has 0 saturated carbocycles. The molecule has 0 spiro atoms. The van der Waals surface area contributed by atoms with Crippen LogP contribution >= 0.6 is 0 Å². The predicted octanol–water partition coefficient (Wildman–Crippen LogP) is 3.54. The maximum absolute atomic E-state index is 13.0. The first-order valence-electron chi connectivity index (χ1n) is 9.41. The van der Waals surface area contributed by atoms with Gasteiger partial charge in [0.15, 0.2) is 0 Å². The van der Waals surface area contributed by atoms with E-state index in [9.17, 15) is 27.9 Å². The van der Waals surface area contributed by atoms with E-state index in [0.29, 0.717) is 25.8 Å². The Kier molecular flexibility index (Phi) is 6.97. The number of carbonyl (C=O) groups excluding carboxylic acids is 1. The summed E-state index contributed by atoms with van der Waals surface area (Å²) in [6.45, 7) is 5.06. The van der Waals surface area contributed by atoms with Crippen LogP contribution < -0.4 is 10.1 Å². The summed E-state index contributed by atoms with van der Waals surface area (Å²) in [7, 11) is 0. The molecule has 0 bridgehead atoms. The summed E-state index contributed by atoms with van der Waals surface area (Å²) < 4.78 is 44.4. The van der Waals surface area contributed by atoms with Crippen molar-refractivity contribution in [2.24, 2.45) is 5.41 Å². The van der Waals surface area contributed by atoms with E-state index >= 15 is 0 Å². The van der Waals surface area contributed by atoms with Crippen LogP contribution in [0, 0.1) is 5.41 Å². The van der Waals surface area contributed by atoms with E-state index in [1.807, 2.05) is 6.92 Å². The predicted molar refractivity (Wildman–Crippen MR) is 98.5 cm³/mol. The van der Waals surface area contributed by atoms with Crippen molar-refractivity contribution >= 4 is 12.0 Å². The first-order valence-corrected chi connectivity index (χ1v) is 9.41. The minimum atomic E-state index is -4.61. The second kappa shape index (κ2) is 8.87. The molecule has 10 heteroatoms. The van der Waals surface area contributed by atoms with Crippen LogP contribution in [-0.4, -0.2) is 52.2 Å². The third kappa shape index (κ3) is 5.74. The summed E-state index contributed by atoms with van der Waals surface area (Å²) in [5.74, 6) is -0.938. The zero-order chi connectivity index (χ0) is 21.8. The van der Waals surface area contributed by atoms with Crippen molar-refractivity contribution in [1.29, 1.82) is 0 Å². The number of ether oxygens (including phenoxy) is 1. The molecule has 1 fully saturated rings. The molecule has 2 rings (SSSR count). The summed E-state index contributed by atoms with van der Waals surface area (Å²) in [6, 6.07) is 1.65. The van der Waals surface area contributed by atoms with Gasteiger partial charge in [-0.15, -0.1) is 0 Å².